The third kappa shape index (κ3) is 4.61. The molecule has 1 N–H and O–H groups in total. The van der Waals surface area contributed by atoms with Crippen molar-refractivity contribution in [3.63, 3.8) is 0 Å². The Morgan fingerprint density at radius 3 is 2.65 bits per heavy atom. The van der Waals surface area contributed by atoms with Crippen LogP contribution in [0.1, 0.15) is 66.1 Å². The molecule has 2 heterocycles. The summed E-state index contributed by atoms with van der Waals surface area (Å²) >= 11 is 0. The fourth-order valence-corrected chi connectivity index (χ4v) is 4.76. The number of carbonyl (C=O) groups excluding carboxylic acids is 1. The van der Waals surface area contributed by atoms with Crippen molar-refractivity contribution in [2.75, 3.05) is 6.54 Å². The SMILES string of the molecule is Cc1nc2c(C#N)cnn2c(C)c1CCC(=O)NCC1CCC(c2ccccc2)CC1. The molecule has 1 saturated carbocycles. The van der Waals surface area contributed by atoms with E-state index in [2.05, 4.69) is 51.8 Å². The molecule has 31 heavy (non-hydrogen) atoms. The largest absolute Gasteiger partial charge is 0.356 e. The van der Waals surface area contributed by atoms with Crippen LogP contribution >= 0.6 is 0 Å². The van der Waals surface area contributed by atoms with Gasteiger partial charge in [0.1, 0.15) is 11.6 Å². The van der Waals surface area contributed by atoms with Crippen LogP contribution < -0.4 is 5.32 Å². The Balaban J connectivity index is 1.27. The quantitative estimate of drug-likeness (QED) is 0.653. The van der Waals surface area contributed by atoms with Gasteiger partial charge in [-0.25, -0.2) is 9.50 Å². The number of benzene rings is 1. The molecule has 1 aromatic carbocycles. The Kier molecular flexibility index (Phi) is 6.31. The summed E-state index contributed by atoms with van der Waals surface area (Å²) in [5, 5.41) is 16.6. The van der Waals surface area contributed by atoms with Crippen molar-refractivity contribution in [1.29, 1.82) is 5.26 Å². The summed E-state index contributed by atoms with van der Waals surface area (Å²) in [5.41, 5.74) is 5.32. The lowest BCUT2D eigenvalue weighted by molar-refractivity contribution is -0.121. The fourth-order valence-electron chi connectivity index (χ4n) is 4.76. The van der Waals surface area contributed by atoms with Crippen molar-refractivity contribution in [2.24, 2.45) is 5.92 Å². The smallest absolute Gasteiger partial charge is 0.220 e. The molecule has 1 amide bonds. The van der Waals surface area contributed by atoms with Gasteiger partial charge in [0, 0.05) is 24.4 Å². The van der Waals surface area contributed by atoms with Crippen LogP contribution in [0.2, 0.25) is 0 Å². The molecule has 0 aliphatic heterocycles. The topological polar surface area (TPSA) is 83.1 Å². The Bertz CT molecular complexity index is 1100. The maximum Gasteiger partial charge on any atom is 0.220 e. The van der Waals surface area contributed by atoms with Gasteiger partial charge in [-0.15, -0.1) is 0 Å². The predicted octanol–water partition coefficient (Wildman–Crippen LogP) is 4.24. The molecule has 0 saturated heterocycles. The average molecular weight is 416 g/mol. The number of carbonyl (C=O) groups is 1. The van der Waals surface area contributed by atoms with Gasteiger partial charge < -0.3 is 5.32 Å². The van der Waals surface area contributed by atoms with Crippen LogP contribution in [0.3, 0.4) is 0 Å². The fraction of sp³-hybridized carbons (Fsp3) is 0.440. The van der Waals surface area contributed by atoms with E-state index >= 15 is 0 Å². The number of nitrogens with zero attached hydrogens (tertiary/aromatic N) is 4. The van der Waals surface area contributed by atoms with E-state index in [1.54, 1.807) is 4.52 Å². The zero-order valence-corrected chi connectivity index (χ0v) is 18.3. The van der Waals surface area contributed by atoms with Crippen LogP contribution in [0, 0.1) is 31.1 Å². The summed E-state index contributed by atoms with van der Waals surface area (Å²) in [5.74, 6) is 1.31. The molecule has 0 unspecified atom stereocenters. The Labute approximate surface area is 183 Å². The number of hydrogen-bond donors (Lipinski definition) is 1. The van der Waals surface area contributed by atoms with Crippen molar-refractivity contribution >= 4 is 11.6 Å². The van der Waals surface area contributed by atoms with E-state index in [-0.39, 0.29) is 5.91 Å². The summed E-state index contributed by atoms with van der Waals surface area (Å²) in [6, 6.07) is 12.9. The highest BCUT2D eigenvalue weighted by atomic mass is 16.1. The number of rotatable bonds is 6. The first-order chi connectivity index (χ1) is 15.1. The van der Waals surface area contributed by atoms with E-state index in [9.17, 15) is 10.1 Å². The highest BCUT2D eigenvalue weighted by Crippen LogP contribution is 2.35. The van der Waals surface area contributed by atoms with Gasteiger partial charge >= 0.3 is 0 Å². The Morgan fingerprint density at radius 2 is 1.94 bits per heavy atom. The van der Waals surface area contributed by atoms with Crippen molar-refractivity contribution in [1.82, 2.24) is 19.9 Å². The number of fused-ring (bicyclic) bond motifs is 1. The maximum absolute atomic E-state index is 12.5. The second-order valence-electron chi connectivity index (χ2n) is 8.60. The molecule has 6 nitrogen and oxygen atoms in total. The molecular weight excluding hydrogens is 386 g/mol. The number of nitrogens with one attached hydrogen (secondary N) is 1. The molecular formula is C25H29N5O. The average Bonchev–Trinajstić information content (AvgIpc) is 3.21. The zero-order chi connectivity index (χ0) is 21.8. The molecule has 0 spiro atoms. The maximum atomic E-state index is 12.5. The van der Waals surface area contributed by atoms with Crippen molar-refractivity contribution in [2.45, 2.75) is 58.3 Å². The third-order valence-corrected chi connectivity index (χ3v) is 6.64. The minimum absolute atomic E-state index is 0.0854. The summed E-state index contributed by atoms with van der Waals surface area (Å²) < 4.78 is 1.70. The van der Waals surface area contributed by atoms with Crippen LogP contribution in [0.25, 0.3) is 5.65 Å². The number of amides is 1. The second-order valence-corrected chi connectivity index (χ2v) is 8.60. The molecule has 6 heteroatoms. The summed E-state index contributed by atoms with van der Waals surface area (Å²) in [7, 11) is 0. The molecule has 1 aliphatic carbocycles. The van der Waals surface area contributed by atoms with E-state index < -0.39 is 0 Å². The van der Waals surface area contributed by atoms with Crippen molar-refractivity contribution < 1.29 is 4.79 Å². The molecule has 4 rings (SSSR count). The third-order valence-electron chi connectivity index (χ3n) is 6.64. The molecule has 160 valence electrons. The Morgan fingerprint density at radius 1 is 1.19 bits per heavy atom. The number of hydrogen-bond acceptors (Lipinski definition) is 4. The lowest BCUT2D eigenvalue weighted by Crippen LogP contribution is -2.31. The second kappa shape index (κ2) is 9.30. The van der Waals surface area contributed by atoms with Crippen LogP contribution in [0.4, 0.5) is 0 Å². The van der Waals surface area contributed by atoms with Gasteiger partial charge in [-0.3, -0.25) is 4.79 Å². The molecule has 1 fully saturated rings. The van der Waals surface area contributed by atoms with Crippen LogP contribution in [-0.2, 0) is 11.2 Å². The first kappa shape index (κ1) is 21.0. The van der Waals surface area contributed by atoms with E-state index in [4.69, 9.17) is 0 Å². The number of aromatic nitrogens is 3. The lowest BCUT2D eigenvalue weighted by Gasteiger charge is -2.29. The van der Waals surface area contributed by atoms with E-state index in [1.807, 2.05) is 13.8 Å². The summed E-state index contributed by atoms with van der Waals surface area (Å²) in [6.07, 6.45) is 7.32. The van der Waals surface area contributed by atoms with Gasteiger partial charge in [0.25, 0.3) is 0 Å². The number of aryl methyl sites for hydroxylation is 2. The lowest BCUT2D eigenvalue weighted by atomic mass is 9.79. The molecule has 3 aromatic rings. The van der Waals surface area contributed by atoms with Crippen LogP contribution in [0.15, 0.2) is 36.5 Å². The monoisotopic (exact) mass is 415 g/mol. The van der Waals surface area contributed by atoms with Crippen LogP contribution in [-0.4, -0.2) is 27.0 Å². The standard InChI is InChI=1S/C25H29N5O/c1-17-23(18(2)30-25(29-17)22(14-26)16-28-30)12-13-24(31)27-15-19-8-10-21(11-9-19)20-6-4-3-5-7-20/h3-7,16,19,21H,8-13,15H2,1-2H3,(H,27,31). The molecule has 2 aromatic heterocycles. The summed E-state index contributed by atoms with van der Waals surface area (Å²) in [6.45, 7) is 4.66. The normalized spacial score (nSPS) is 18.6. The van der Waals surface area contributed by atoms with Gasteiger partial charge in [-0.2, -0.15) is 10.4 Å². The minimum atomic E-state index is 0.0854. The van der Waals surface area contributed by atoms with E-state index in [0.29, 0.717) is 35.9 Å². The van der Waals surface area contributed by atoms with Gasteiger partial charge in [-0.1, -0.05) is 30.3 Å². The van der Waals surface area contributed by atoms with Crippen molar-refractivity contribution in [3.05, 3.63) is 64.6 Å². The molecule has 0 atom stereocenters. The van der Waals surface area contributed by atoms with Gasteiger partial charge in [0.15, 0.2) is 5.65 Å². The van der Waals surface area contributed by atoms with E-state index in [1.165, 1.54) is 37.4 Å². The minimum Gasteiger partial charge on any atom is -0.356 e. The Hall–Kier alpha value is -3.20. The number of nitriles is 1. The van der Waals surface area contributed by atoms with Crippen molar-refractivity contribution in [3.8, 4) is 6.07 Å². The molecule has 0 bridgehead atoms. The van der Waals surface area contributed by atoms with Gasteiger partial charge in [-0.05, 0) is 68.9 Å². The molecule has 0 radical (unpaired) electrons. The van der Waals surface area contributed by atoms with Gasteiger partial charge in [0.05, 0.1) is 6.20 Å². The zero-order valence-electron chi connectivity index (χ0n) is 18.3. The highest BCUT2D eigenvalue weighted by Gasteiger charge is 2.22. The van der Waals surface area contributed by atoms with Crippen LogP contribution in [0.5, 0.6) is 0 Å². The highest BCUT2D eigenvalue weighted by molar-refractivity contribution is 5.76. The first-order valence-corrected chi connectivity index (χ1v) is 11.1. The predicted molar refractivity (Wildman–Crippen MR) is 120 cm³/mol. The summed E-state index contributed by atoms with van der Waals surface area (Å²) in [4.78, 5) is 17.0. The first-order valence-electron chi connectivity index (χ1n) is 11.1. The van der Waals surface area contributed by atoms with Gasteiger partial charge in [0.2, 0.25) is 5.91 Å². The molecule has 1 aliphatic rings. The van der Waals surface area contributed by atoms with E-state index in [0.717, 1.165) is 23.5 Å².